The smallest absolute Gasteiger partial charge is 0.267 e. The van der Waals surface area contributed by atoms with Crippen molar-refractivity contribution < 1.29 is 4.79 Å². The molecule has 5 heteroatoms. The maximum atomic E-state index is 13.0. The molecule has 0 aliphatic rings. The zero-order valence-corrected chi connectivity index (χ0v) is 16.7. The van der Waals surface area contributed by atoms with E-state index in [1.807, 2.05) is 70.2 Å². The van der Waals surface area contributed by atoms with Gasteiger partial charge in [0.1, 0.15) is 6.04 Å². The average molecular weight is 375 g/mol. The lowest BCUT2D eigenvalue weighted by Crippen LogP contribution is -2.34. The van der Waals surface area contributed by atoms with Crippen LogP contribution in [0.1, 0.15) is 36.1 Å². The lowest BCUT2D eigenvalue weighted by molar-refractivity contribution is -0.119. The summed E-state index contributed by atoms with van der Waals surface area (Å²) in [5.41, 5.74) is 5.21. The fourth-order valence-corrected chi connectivity index (χ4v) is 3.46. The predicted octanol–water partition coefficient (Wildman–Crippen LogP) is 4.43. The van der Waals surface area contributed by atoms with Crippen LogP contribution in [0.2, 0.25) is 0 Å². The van der Waals surface area contributed by atoms with Crippen molar-refractivity contribution in [2.24, 2.45) is 0 Å². The molecule has 1 heterocycles. The lowest BCUT2D eigenvalue weighted by atomic mass is 10.0. The molecule has 0 saturated carbocycles. The number of aromatic nitrogens is 2. The number of nitrogens with one attached hydrogen (secondary N) is 1. The summed E-state index contributed by atoms with van der Waals surface area (Å²) in [5.74, 6) is -0.239. The standard InChI is InChI=1S/C23H25N3O2/c1-5-20(23(28)24-22-16(3)13-15(2)14-17(22)4)26-21(27)12-11-19(25-26)18-9-7-6-8-10-18/h6-14,20H,5H2,1-4H3,(H,24,28)/t20-/m1/s1. The maximum absolute atomic E-state index is 13.0. The van der Waals surface area contributed by atoms with Gasteiger partial charge < -0.3 is 5.32 Å². The van der Waals surface area contributed by atoms with Gasteiger partial charge in [0.2, 0.25) is 5.91 Å². The molecule has 0 fully saturated rings. The van der Waals surface area contributed by atoms with Crippen LogP contribution in [0.25, 0.3) is 11.3 Å². The van der Waals surface area contributed by atoms with Gasteiger partial charge >= 0.3 is 0 Å². The maximum Gasteiger partial charge on any atom is 0.267 e. The number of aryl methyl sites for hydroxylation is 3. The Morgan fingerprint density at radius 1 is 1.04 bits per heavy atom. The Balaban J connectivity index is 1.95. The van der Waals surface area contributed by atoms with Gasteiger partial charge in [0.15, 0.2) is 0 Å². The van der Waals surface area contributed by atoms with E-state index in [2.05, 4.69) is 10.4 Å². The number of rotatable bonds is 5. The minimum absolute atomic E-state index is 0.239. The molecule has 0 spiro atoms. The normalized spacial score (nSPS) is 11.9. The number of nitrogens with zero attached hydrogens (tertiary/aromatic N) is 2. The quantitative estimate of drug-likeness (QED) is 0.718. The van der Waals surface area contributed by atoms with Crippen LogP contribution in [0.3, 0.4) is 0 Å². The molecular formula is C23H25N3O2. The molecule has 0 aliphatic carbocycles. The predicted molar refractivity (Wildman–Crippen MR) is 113 cm³/mol. The molecule has 0 saturated heterocycles. The molecule has 0 bridgehead atoms. The molecular weight excluding hydrogens is 350 g/mol. The summed E-state index contributed by atoms with van der Waals surface area (Å²) in [7, 11) is 0. The Bertz CT molecular complexity index is 1030. The first-order chi connectivity index (χ1) is 13.4. The summed E-state index contributed by atoms with van der Waals surface area (Å²) < 4.78 is 1.29. The molecule has 0 aliphatic heterocycles. The van der Waals surface area contributed by atoms with Crippen LogP contribution in [0.15, 0.2) is 59.4 Å². The van der Waals surface area contributed by atoms with Crippen LogP contribution in [0.4, 0.5) is 5.69 Å². The number of hydrogen-bond acceptors (Lipinski definition) is 3. The van der Waals surface area contributed by atoms with Crippen LogP contribution in [0, 0.1) is 20.8 Å². The van der Waals surface area contributed by atoms with E-state index in [9.17, 15) is 9.59 Å². The second kappa shape index (κ2) is 8.21. The van der Waals surface area contributed by atoms with E-state index in [0.717, 1.165) is 27.9 Å². The van der Waals surface area contributed by atoms with E-state index in [4.69, 9.17) is 0 Å². The highest BCUT2D eigenvalue weighted by Crippen LogP contribution is 2.24. The summed E-state index contributed by atoms with van der Waals surface area (Å²) in [5, 5.41) is 7.48. The van der Waals surface area contributed by atoms with Crippen molar-refractivity contribution in [2.45, 2.75) is 40.2 Å². The Morgan fingerprint density at radius 2 is 1.68 bits per heavy atom. The van der Waals surface area contributed by atoms with E-state index >= 15 is 0 Å². The second-order valence-corrected chi connectivity index (χ2v) is 7.05. The summed E-state index contributed by atoms with van der Waals surface area (Å²) in [6.45, 7) is 7.84. The highest BCUT2D eigenvalue weighted by Gasteiger charge is 2.22. The third kappa shape index (κ3) is 4.03. The van der Waals surface area contributed by atoms with Crippen molar-refractivity contribution in [1.29, 1.82) is 0 Å². The SMILES string of the molecule is CC[C@H](C(=O)Nc1c(C)cc(C)cc1C)n1nc(-c2ccccc2)ccc1=O. The van der Waals surface area contributed by atoms with Gasteiger partial charge in [-0.1, -0.05) is 55.0 Å². The van der Waals surface area contributed by atoms with E-state index < -0.39 is 6.04 Å². The zero-order chi connectivity index (χ0) is 20.3. The van der Waals surface area contributed by atoms with Crippen LogP contribution in [-0.4, -0.2) is 15.7 Å². The first-order valence-corrected chi connectivity index (χ1v) is 9.44. The number of anilines is 1. The minimum atomic E-state index is -0.684. The van der Waals surface area contributed by atoms with E-state index in [1.165, 1.54) is 10.7 Å². The molecule has 1 N–H and O–H groups in total. The summed E-state index contributed by atoms with van der Waals surface area (Å²) in [4.78, 5) is 25.5. The Hall–Kier alpha value is -3.21. The molecule has 1 amide bonds. The number of carbonyl (C=O) groups is 1. The highest BCUT2D eigenvalue weighted by molar-refractivity contribution is 5.95. The Morgan fingerprint density at radius 3 is 2.29 bits per heavy atom. The van der Waals surface area contributed by atoms with E-state index in [1.54, 1.807) is 6.07 Å². The summed E-state index contributed by atoms with van der Waals surface area (Å²) >= 11 is 0. The van der Waals surface area contributed by atoms with Gasteiger partial charge in [0.25, 0.3) is 5.56 Å². The van der Waals surface area contributed by atoms with Gasteiger partial charge in [-0.3, -0.25) is 9.59 Å². The Kier molecular flexibility index (Phi) is 5.73. The largest absolute Gasteiger partial charge is 0.324 e. The topological polar surface area (TPSA) is 64.0 Å². The molecule has 1 aromatic heterocycles. The molecule has 3 rings (SSSR count). The van der Waals surface area contributed by atoms with Crippen LogP contribution < -0.4 is 10.9 Å². The van der Waals surface area contributed by atoms with Crippen molar-refractivity contribution in [2.75, 3.05) is 5.32 Å². The number of benzene rings is 2. The monoisotopic (exact) mass is 375 g/mol. The zero-order valence-electron chi connectivity index (χ0n) is 16.7. The number of amides is 1. The molecule has 2 aromatic carbocycles. The van der Waals surface area contributed by atoms with Crippen LogP contribution in [0.5, 0.6) is 0 Å². The fourth-order valence-electron chi connectivity index (χ4n) is 3.46. The van der Waals surface area contributed by atoms with Gasteiger partial charge in [-0.2, -0.15) is 5.10 Å². The van der Waals surface area contributed by atoms with E-state index in [0.29, 0.717) is 12.1 Å². The summed E-state index contributed by atoms with van der Waals surface area (Å²) in [6.07, 6.45) is 0.459. The first kappa shape index (κ1) is 19.5. The van der Waals surface area contributed by atoms with Gasteiger partial charge in [-0.25, -0.2) is 4.68 Å². The molecule has 144 valence electrons. The van der Waals surface area contributed by atoms with Crippen molar-refractivity contribution in [1.82, 2.24) is 9.78 Å². The molecule has 1 atom stereocenters. The van der Waals surface area contributed by atoms with Crippen LogP contribution >= 0.6 is 0 Å². The molecule has 28 heavy (non-hydrogen) atoms. The van der Waals surface area contributed by atoms with Crippen molar-refractivity contribution >= 4 is 11.6 Å². The van der Waals surface area contributed by atoms with Crippen LogP contribution in [-0.2, 0) is 4.79 Å². The van der Waals surface area contributed by atoms with Crippen molar-refractivity contribution in [3.05, 3.63) is 81.6 Å². The average Bonchev–Trinajstić information content (AvgIpc) is 2.67. The third-order valence-corrected chi connectivity index (χ3v) is 4.80. The number of hydrogen-bond donors (Lipinski definition) is 1. The molecule has 0 unspecified atom stereocenters. The number of carbonyl (C=O) groups excluding carboxylic acids is 1. The molecule has 0 radical (unpaired) electrons. The van der Waals surface area contributed by atoms with Gasteiger partial charge in [-0.05, 0) is 44.4 Å². The minimum Gasteiger partial charge on any atom is -0.324 e. The second-order valence-electron chi connectivity index (χ2n) is 7.05. The van der Waals surface area contributed by atoms with Gasteiger partial charge in [0.05, 0.1) is 5.69 Å². The summed E-state index contributed by atoms with van der Waals surface area (Å²) in [6, 6.07) is 16.1. The van der Waals surface area contributed by atoms with Gasteiger partial charge in [0, 0.05) is 17.3 Å². The van der Waals surface area contributed by atoms with Crippen molar-refractivity contribution in [3.8, 4) is 11.3 Å². The first-order valence-electron chi connectivity index (χ1n) is 9.44. The molecule has 5 nitrogen and oxygen atoms in total. The molecule has 3 aromatic rings. The van der Waals surface area contributed by atoms with Gasteiger partial charge in [-0.15, -0.1) is 0 Å². The lowest BCUT2D eigenvalue weighted by Gasteiger charge is -2.19. The third-order valence-electron chi connectivity index (χ3n) is 4.80. The van der Waals surface area contributed by atoms with E-state index in [-0.39, 0.29) is 11.5 Å². The Labute approximate surface area is 165 Å². The fraction of sp³-hybridized carbons (Fsp3) is 0.261. The van der Waals surface area contributed by atoms with Crippen molar-refractivity contribution in [3.63, 3.8) is 0 Å². The highest BCUT2D eigenvalue weighted by atomic mass is 16.2.